The van der Waals surface area contributed by atoms with Gasteiger partial charge in [0.2, 0.25) is 0 Å². The van der Waals surface area contributed by atoms with E-state index in [0.717, 1.165) is 5.56 Å². The lowest BCUT2D eigenvalue weighted by molar-refractivity contribution is 0.546. The summed E-state index contributed by atoms with van der Waals surface area (Å²) < 4.78 is 22.3. The third-order valence-corrected chi connectivity index (χ3v) is 3.66. The third kappa shape index (κ3) is 4.61. The molecule has 0 aliphatic rings. The maximum Gasteiger partial charge on any atom is 0.149 e. The fourth-order valence-electron chi connectivity index (χ4n) is 1.52. The van der Waals surface area contributed by atoms with Gasteiger partial charge in [-0.15, -0.1) is 0 Å². The molecule has 0 aliphatic carbocycles. The number of aromatic nitrogens is 2. The van der Waals surface area contributed by atoms with Gasteiger partial charge in [0.15, 0.2) is 0 Å². The Bertz CT molecular complexity index is 578. The van der Waals surface area contributed by atoms with Gasteiger partial charge in [0.1, 0.15) is 27.3 Å². The number of nitrogen functional groups attached to an aromatic ring is 1. The third-order valence-electron chi connectivity index (χ3n) is 2.72. The molecule has 0 saturated heterocycles. The first-order chi connectivity index (χ1) is 9.04. The van der Waals surface area contributed by atoms with Crippen molar-refractivity contribution in [3.05, 3.63) is 11.4 Å². The van der Waals surface area contributed by atoms with Crippen molar-refractivity contribution in [3.8, 4) is 0 Å². The average Bonchev–Trinajstić information content (AvgIpc) is 2.28. The largest absolute Gasteiger partial charge is 0.369 e. The molecule has 1 aromatic rings. The summed E-state index contributed by atoms with van der Waals surface area (Å²) in [6.45, 7) is 8.11. The molecule has 8 heteroatoms. The summed E-state index contributed by atoms with van der Waals surface area (Å²) in [5.41, 5.74) is 3.07. The molecule has 1 rings (SSSR count). The fourth-order valence-corrected chi connectivity index (χ4v) is 1.99. The van der Waals surface area contributed by atoms with Crippen molar-refractivity contribution in [2.75, 3.05) is 29.3 Å². The van der Waals surface area contributed by atoms with Crippen LogP contribution in [0.3, 0.4) is 0 Å². The summed E-state index contributed by atoms with van der Waals surface area (Å²) >= 11 is 0. The maximum absolute atomic E-state index is 11.2. The number of rotatable bonds is 5. The second kappa shape index (κ2) is 5.92. The van der Waals surface area contributed by atoms with E-state index < -0.39 is 9.84 Å². The maximum atomic E-state index is 11.2. The first-order valence-corrected chi connectivity index (χ1v) is 8.38. The Morgan fingerprint density at radius 3 is 2.20 bits per heavy atom. The van der Waals surface area contributed by atoms with Crippen LogP contribution in [-0.4, -0.2) is 36.9 Å². The van der Waals surface area contributed by atoms with Crippen molar-refractivity contribution in [1.82, 2.24) is 9.97 Å². The molecule has 0 radical (unpaired) electrons. The van der Waals surface area contributed by atoms with Gasteiger partial charge in [-0.3, -0.25) is 0 Å². The van der Waals surface area contributed by atoms with E-state index >= 15 is 0 Å². The number of nitrogens with one attached hydrogen (secondary N) is 2. The van der Waals surface area contributed by atoms with E-state index in [1.54, 1.807) is 0 Å². The lowest BCUT2D eigenvalue weighted by Crippen LogP contribution is -2.22. The van der Waals surface area contributed by atoms with Crippen LogP contribution >= 0.6 is 0 Å². The van der Waals surface area contributed by atoms with E-state index in [9.17, 15) is 8.42 Å². The Labute approximate surface area is 120 Å². The highest BCUT2D eigenvalue weighted by Gasteiger charge is 2.21. The van der Waals surface area contributed by atoms with Gasteiger partial charge in [-0.2, -0.15) is 0 Å². The predicted molar refractivity (Wildman–Crippen MR) is 81.5 cm³/mol. The Balaban J connectivity index is 3.05. The lowest BCUT2D eigenvalue weighted by Gasteiger charge is -2.20. The molecule has 0 amide bonds. The van der Waals surface area contributed by atoms with Gasteiger partial charge in [0.25, 0.3) is 0 Å². The second-order valence-electron chi connectivity index (χ2n) is 5.82. The minimum Gasteiger partial charge on any atom is -0.369 e. The van der Waals surface area contributed by atoms with Gasteiger partial charge in [-0.1, -0.05) is 20.8 Å². The summed E-state index contributed by atoms with van der Waals surface area (Å²) in [6, 6.07) is 0. The van der Waals surface area contributed by atoms with E-state index in [1.807, 2.05) is 27.7 Å². The Morgan fingerprint density at radius 2 is 1.75 bits per heavy atom. The molecule has 0 fully saturated rings. The highest BCUT2D eigenvalue weighted by molar-refractivity contribution is 7.90. The van der Waals surface area contributed by atoms with Crippen molar-refractivity contribution in [1.29, 1.82) is 0 Å². The monoisotopic (exact) mass is 301 g/mol. The number of sulfone groups is 1. The van der Waals surface area contributed by atoms with Crippen LogP contribution in [0.4, 0.5) is 11.6 Å². The summed E-state index contributed by atoms with van der Waals surface area (Å²) in [4.78, 5) is 8.83. The topological polar surface area (TPSA) is 110 Å². The highest BCUT2D eigenvalue weighted by Crippen LogP contribution is 2.25. The second-order valence-corrected chi connectivity index (χ2v) is 8.08. The molecular formula is C12H23N5O2S. The standard InChI is InChI=1S/C12H23N5O2S/c1-8-9(14-6-7-20(5,18)19)15-11(12(2,3)4)16-10(8)17-13/h6-7,13H2,1-5H3,(H2,14,15,16,17). The zero-order valence-corrected chi connectivity index (χ0v) is 13.4. The van der Waals surface area contributed by atoms with E-state index in [2.05, 4.69) is 20.7 Å². The van der Waals surface area contributed by atoms with Crippen LogP contribution in [0, 0.1) is 6.92 Å². The SMILES string of the molecule is Cc1c(NN)nc(C(C)(C)C)nc1NCCS(C)(=O)=O. The number of nitrogens with zero attached hydrogens (tertiary/aromatic N) is 2. The number of hydrazine groups is 1. The molecule has 0 saturated carbocycles. The average molecular weight is 301 g/mol. The van der Waals surface area contributed by atoms with Gasteiger partial charge in [0.05, 0.1) is 5.75 Å². The van der Waals surface area contributed by atoms with Gasteiger partial charge in [-0.25, -0.2) is 24.2 Å². The summed E-state index contributed by atoms with van der Waals surface area (Å²) in [5.74, 6) is 7.28. The molecule has 1 aromatic heterocycles. The van der Waals surface area contributed by atoms with Crippen molar-refractivity contribution in [2.45, 2.75) is 33.1 Å². The Hall–Kier alpha value is -1.41. The normalized spacial score (nSPS) is 12.3. The molecule has 4 N–H and O–H groups in total. The molecule has 0 spiro atoms. The first-order valence-electron chi connectivity index (χ1n) is 6.32. The predicted octanol–water partition coefficient (Wildman–Crippen LogP) is 0.825. The minimum absolute atomic E-state index is 0.0483. The lowest BCUT2D eigenvalue weighted by atomic mass is 9.95. The molecule has 0 unspecified atom stereocenters. The van der Waals surface area contributed by atoms with Crippen LogP contribution in [0.2, 0.25) is 0 Å². The van der Waals surface area contributed by atoms with Crippen LogP contribution in [0.25, 0.3) is 0 Å². The molecule has 0 aromatic carbocycles. The van der Waals surface area contributed by atoms with E-state index in [0.29, 0.717) is 24.0 Å². The zero-order chi connectivity index (χ0) is 15.6. The Morgan fingerprint density at radius 1 is 1.20 bits per heavy atom. The molecule has 0 atom stereocenters. The molecule has 0 aliphatic heterocycles. The van der Waals surface area contributed by atoms with Crippen LogP contribution in [0.15, 0.2) is 0 Å². The van der Waals surface area contributed by atoms with Crippen LogP contribution in [0.5, 0.6) is 0 Å². The van der Waals surface area contributed by atoms with Gasteiger partial charge < -0.3 is 10.7 Å². The van der Waals surface area contributed by atoms with Crippen molar-refractivity contribution in [3.63, 3.8) is 0 Å². The quantitative estimate of drug-likeness (QED) is 0.545. The molecule has 20 heavy (non-hydrogen) atoms. The van der Waals surface area contributed by atoms with Crippen LogP contribution in [0.1, 0.15) is 32.2 Å². The minimum atomic E-state index is -3.01. The summed E-state index contributed by atoms with van der Waals surface area (Å²) in [5, 5.41) is 3.03. The molecule has 114 valence electrons. The number of hydrogen-bond acceptors (Lipinski definition) is 7. The first kappa shape index (κ1) is 16.6. The molecular weight excluding hydrogens is 278 g/mol. The fraction of sp³-hybridized carbons (Fsp3) is 0.667. The number of anilines is 2. The van der Waals surface area contributed by atoms with Crippen LogP contribution < -0.4 is 16.6 Å². The number of hydrogen-bond donors (Lipinski definition) is 3. The molecule has 0 bridgehead atoms. The summed E-state index contributed by atoms with van der Waals surface area (Å²) in [6.07, 6.45) is 1.20. The number of nitrogens with two attached hydrogens (primary N) is 1. The van der Waals surface area contributed by atoms with Crippen LogP contribution in [-0.2, 0) is 15.3 Å². The van der Waals surface area contributed by atoms with Crippen molar-refractivity contribution >= 4 is 21.5 Å². The van der Waals surface area contributed by atoms with Crippen molar-refractivity contribution in [2.24, 2.45) is 5.84 Å². The summed E-state index contributed by atoms with van der Waals surface area (Å²) in [7, 11) is -3.01. The van der Waals surface area contributed by atoms with E-state index in [4.69, 9.17) is 5.84 Å². The van der Waals surface area contributed by atoms with Gasteiger partial charge >= 0.3 is 0 Å². The molecule has 1 heterocycles. The molecule has 7 nitrogen and oxygen atoms in total. The van der Waals surface area contributed by atoms with E-state index in [-0.39, 0.29) is 11.2 Å². The smallest absolute Gasteiger partial charge is 0.149 e. The van der Waals surface area contributed by atoms with Crippen molar-refractivity contribution < 1.29 is 8.42 Å². The highest BCUT2D eigenvalue weighted by atomic mass is 32.2. The van der Waals surface area contributed by atoms with Gasteiger partial charge in [0, 0.05) is 23.8 Å². The Kier molecular flexibility index (Phi) is 4.93. The zero-order valence-electron chi connectivity index (χ0n) is 12.6. The van der Waals surface area contributed by atoms with E-state index in [1.165, 1.54) is 6.26 Å². The van der Waals surface area contributed by atoms with Gasteiger partial charge in [-0.05, 0) is 6.92 Å².